The van der Waals surface area contributed by atoms with Crippen molar-refractivity contribution in [3.8, 4) is 0 Å². The molecule has 1 aliphatic heterocycles. The molecule has 1 fully saturated rings. The number of carbonyl (C=O) groups excluding carboxylic acids is 2. The molecule has 1 N–H and O–H groups in total. The molecule has 0 radical (unpaired) electrons. The smallest absolute Gasteiger partial charge is 0.289 e. The standard InChI is InChI=1S/C25H27N3O3/c1-19(26-23(20-9-4-2-5-10-20)21-11-6-3-7-12-21)24(29)27-14-16-28(17-15-27)25(30)22-13-8-18-31-22/h2-13,18-19,23,26H,14-17H2,1H3. The average molecular weight is 418 g/mol. The molecule has 6 heteroatoms. The molecule has 160 valence electrons. The van der Waals surface area contributed by atoms with Gasteiger partial charge in [-0.3, -0.25) is 14.9 Å². The normalized spacial score (nSPS) is 15.2. The minimum absolute atomic E-state index is 0.0435. The Morgan fingerprint density at radius 3 is 1.87 bits per heavy atom. The highest BCUT2D eigenvalue weighted by Crippen LogP contribution is 2.23. The van der Waals surface area contributed by atoms with E-state index in [2.05, 4.69) is 29.6 Å². The largest absolute Gasteiger partial charge is 0.459 e. The second-order valence-corrected chi connectivity index (χ2v) is 7.74. The number of nitrogens with zero attached hydrogens (tertiary/aromatic N) is 2. The molecule has 4 rings (SSSR count). The van der Waals surface area contributed by atoms with E-state index in [-0.39, 0.29) is 23.9 Å². The molecule has 1 aromatic heterocycles. The zero-order chi connectivity index (χ0) is 21.6. The van der Waals surface area contributed by atoms with Crippen LogP contribution in [0.15, 0.2) is 83.5 Å². The van der Waals surface area contributed by atoms with E-state index in [4.69, 9.17) is 4.42 Å². The van der Waals surface area contributed by atoms with Crippen LogP contribution in [0.25, 0.3) is 0 Å². The molecule has 0 bridgehead atoms. The molecular weight excluding hydrogens is 390 g/mol. The van der Waals surface area contributed by atoms with Crippen LogP contribution in [0.3, 0.4) is 0 Å². The molecular formula is C25H27N3O3. The molecule has 1 saturated heterocycles. The number of carbonyl (C=O) groups is 2. The summed E-state index contributed by atoms with van der Waals surface area (Å²) in [5.74, 6) is 0.252. The number of nitrogens with one attached hydrogen (secondary N) is 1. The first-order valence-electron chi connectivity index (χ1n) is 10.6. The zero-order valence-electron chi connectivity index (χ0n) is 17.6. The van der Waals surface area contributed by atoms with Crippen molar-refractivity contribution in [1.29, 1.82) is 0 Å². The fourth-order valence-corrected chi connectivity index (χ4v) is 3.96. The Bertz CT molecular complexity index is 942. The van der Waals surface area contributed by atoms with Crippen LogP contribution in [0.1, 0.15) is 34.6 Å². The molecule has 0 aliphatic carbocycles. The van der Waals surface area contributed by atoms with Gasteiger partial charge in [-0.25, -0.2) is 0 Å². The second-order valence-electron chi connectivity index (χ2n) is 7.74. The highest BCUT2D eigenvalue weighted by molar-refractivity contribution is 5.91. The molecule has 2 aromatic carbocycles. The van der Waals surface area contributed by atoms with Gasteiger partial charge >= 0.3 is 0 Å². The van der Waals surface area contributed by atoms with Crippen molar-refractivity contribution in [3.63, 3.8) is 0 Å². The number of piperazine rings is 1. The molecule has 1 aliphatic rings. The van der Waals surface area contributed by atoms with Gasteiger partial charge in [0.2, 0.25) is 5.91 Å². The van der Waals surface area contributed by atoms with Gasteiger partial charge in [0.1, 0.15) is 0 Å². The van der Waals surface area contributed by atoms with E-state index in [1.54, 1.807) is 17.0 Å². The minimum atomic E-state index is -0.363. The number of furan rings is 1. The molecule has 1 atom stereocenters. The van der Waals surface area contributed by atoms with Crippen LogP contribution in [-0.4, -0.2) is 53.8 Å². The van der Waals surface area contributed by atoms with E-state index in [0.29, 0.717) is 31.9 Å². The van der Waals surface area contributed by atoms with Gasteiger partial charge in [0, 0.05) is 26.2 Å². The molecule has 2 amide bonds. The molecule has 2 heterocycles. The van der Waals surface area contributed by atoms with Crippen molar-refractivity contribution >= 4 is 11.8 Å². The van der Waals surface area contributed by atoms with Crippen molar-refractivity contribution in [2.24, 2.45) is 0 Å². The Labute approximate surface area is 182 Å². The lowest BCUT2D eigenvalue weighted by Gasteiger charge is -2.36. The van der Waals surface area contributed by atoms with Crippen molar-refractivity contribution in [1.82, 2.24) is 15.1 Å². The van der Waals surface area contributed by atoms with Gasteiger partial charge in [0.15, 0.2) is 5.76 Å². The molecule has 1 unspecified atom stereocenters. The van der Waals surface area contributed by atoms with Gasteiger partial charge in [-0.1, -0.05) is 60.7 Å². The summed E-state index contributed by atoms with van der Waals surface area (Å²) >= 11 is 0. The van der Waals surface area contributed by atoms with Crippen molar-refractivity contribution in [2.45, 2.75) is 19.0 Å². The SMILES string of the molecule is CC(NC(c1ccccc1)c1ccccc1)C(=O)N1CCN(C(=O)c2ccco2)CC1. The van der Waals surface area contributed by atoms with E-state index in [9.17, 15) is 9.59 Å². The molecule has 6 nitrogen and oxygen atoms in total. The van der Waals surface area contributed by atoms with Crippen LogP contribution in [-0.2, 0) is 4.79 Å². The van der Waals surface area contributed by atoms with Crippen LogP contribution in [0.4, 0.5) is 0 Å². The third kappa shape index (κ3) is 4.86. The van der Waals surface area contributed by atoms with Crippen LogP contribution in [0.5, 0.6) is 0 Å². The number of amides is 2. The maximum atomic E-state index is 13.1. The van der Waals surface area contributed by atoms with E-state index < -0.39 is 0 Å². The zero-order valence-corrected chi connectivity index (χ0v) is 17.6. The predicted octanol–water partition coefficient (Wildman–Crippen LogP) is 3.33. The molecule has 31 heavy (non-hydrogen) atoms. The fourth-order valence-electron chi connectivity index (χ4n) is 3.96. The first kappa shape index (κ1) is 20.9. The summed E-state index contributed by atoms with van der Waals surface area (Å²) in [7, 11) is 0. The number of hydrogen-bond donors (Lipinski definition) is 1. The first-order valence-corrected chi connectivity index (χ1v) is 10.6. The molecule has 0 spiro atoms. The van der Waals surface area contributed by atoms with Crippen molar-refractivity contribution in [2.75, 3.05) is 26.2 Å². The van der Waals surface area contributed by atoms with E-state index in [0.717, 1.165) is 11.1 Å². The van der Waals surface area contributed by atoms with Gasteiger partial charge in [0.05, 0.1) is 18.3 Å². The Hall–Kier alpha value is -3.38. The maximum absolute atomic E-state index is 13.1. The lowest BCUT2D eigenvalue weighted by Crippen LogP contribution is -2.54. The summed E-state index contributed by atoms with van der Waals surface area (Å²) in [6.45, 7) is 3.93. The summed E-state index contributed by atoms with van der Waals surface area (Å²) in [5.41, 5.74) is 2.23. The van der Waals surface area contributed by atoms with Gasteiger partial charge < -0.3 is 14.2 Å². The summed E-state index contributed by atoms with van der Waals surface area (Å²) in [5, 5.41) is 3.52. The van der Waals surface area contributed by atoms with Crippen LogP contribution in [0, 0.1) is 0 Å². The monoisotopic (exact) mass is 417 g/mol. The summed E-state index contributed by atoms with van der Waals surface area (Å²) in [6.07, 6.45) is 1.50. The highest BCUT2D eigenvalue weighted by Gasteiger charge is 2.29. The Kier molecular flexibility index (Phi) is 6.48. The Morgan fingerprint density at radius 2 is 1.35 bits per heavy atom. The minimum Gasteiger partial charge on any atom is -0.459 e. The topological polar surface area (TPSA) is 65.8 Å². The maximum Gasteiger partial charge on any atom is 0.289 e. The number of hydrogen-bond acceptors (Lipinski definition) is 4. The summed E-state index contributed by atoms with van der Waals surface area (Å²) in [6, 6.07) is 23.2. The first-order chi connectivity index (χ1) is 15.1. The summed E-state index contributed by atoms with van der Waals surface area (Å²) in [4.78, 5) is 29.2. The summed E-state index contributed by atoms with van der Waals surface area (Å²) < 4.78 is 5.21. The van der Waals surface area contributed by atoms with E-state index in [1.165, 1.54) is 6.26 Å². The second kappa shape index (κ2) is 9.62. The van der Waals surface area contributed by atoms with Crippen molar-refractivity contribution in [3.05, 3.63) is 95.9 Å². The third-order valence-corrected chi connectivity index (χ3v) is 5.66. The van der Waals surface area contributed by atoms with Crippen molar-refractivity contribution < 1.29 is 14.0 Å². The lowest BCUT2D eigenvalue weighted by atomic mass is 9.98. The van der Waals surface area contributed by atoms with Gasteiger partial charge in [-0.15, -0.1) is 0 Å². The van der Waals surface area contributed by atoms with Crippen LogP contribution in [0.2, 0.25) is 0 Å². The Morgan fingerprint density at radius 1 is 0.806 bits per heavy atom. The molecule has 0 saturated carbocycles. The predicted molar refractivity (Wildman–Crippen MR) is 119 cm³/mol. The number of benzene rings is 2. The van der Waals surface area contributed by atoms with Gasteiger partial charge in [-0.05, 0) is 30.2 Å². The van der Waals surface area contributed by atoms with Gasteiger partial charge in [0.25, 0.3) is 5.91 Å². The van der Waals surface area contributed by atoms with Gasteiger partial charge in [-0.2, -0.15) is 0 Å². The quantitative estimate of drug-likeness (QED) is 0.668. The lowest BCUT2D eigenvalue weighted by molar-refractivity contribution is -0.134. The Balaban J connectivity index is 1.40. The van der Waals surface area contributed by atoms with E-state index in [1.807, 2.05) is 48.2 Å². The van der Waals surface area contributed by atoms with Crippen LogP contribution < -0.4 is 5.32 Å². The highest BCUT2D eigenvalue weighted by atomic mass is 16.3. The van der Waals surface area contributed by atoms with E-state index >= 15 is 0 Å². The number of rotatable bonds is 6. The average Bonchev–Trinajstić information content (AvgIpc) is 3.38. The fraction of sp³-hybridized carbons (Fsp3) is 0.280. The van der Waals surface area contributed by atoms with Crippen LogP contribution >= 0.6 is 0 Å². The third-order valence-electron chi connectivity index (χ3n) is 5.66. The molecule has 3 aromatic rings.